The molecule has 66 heavy (non-hydrogen) atoms. The van der Waals surface area contributed by atoms with Crippen molar-refractivity contribution in [2.75, 3.05) is 41.0 Å². The molecule has 0 aliphatic carbocycles. The molecule has 0 fully saturated rings. The maximum atomic E-state index is 12.8. The van der Waals surface area contributed by atoms with Gasteiger partial charge in [-0.05, 0) is 89.9 Å². The van der Waals surface area contributed by atoms with E-state index in [0.29, 0.717) is 19.3 Å². The Bertz CT molecular complexity index is 1400. The smallest absolute Gasteiger partial charge is 0.362 e. The first-order valence-electron chi connectivity index (χ1n) is 26.3. The van der Waals surface area contributed by atoms with Crippen LogP contribution in [-0.2, 0) is 28.6 Å². The van der Waals surface area contributed by atoms with Crippen LogP contribution < -0.4 is 0 Å². The first-order valence-corrected chi connectivity index (χ1v) is 26.3. The van der Waals surface area contributed by atoms with E-state index < -0.39 is 18.1 Å². The van der Waals surface area contributed by atoms with Crippen LogP contribution >= 0.6 is 0 Å². The molecule has 1 N–H and O–H groups in total. The average molecular weight is 921 g/mol. The molecular weight excluding hydrogens is 823 g/mol. The number of allylic oxidation sites excluding steroid dienone is 16. The van der Waals surface area contributed by atoms with Crippen LogP contribution in [0, 0.1) is 0 Å². The third-order valence-electron chi connectivity index (χ3n) is 11.2. The fraction of sp³-hybridized carbons (Fsp3) is 0.672. The Morgan fingerprint density at radius 1 is 0.470 bits per heavy atom. The lowest BCUT2D eigenvalue weighted by Gasteiger charge is -2.31. The number of unbranched alkanes of at least 4 members (excludes halogenated alkanes) is 16. The summed E-state index contributed by atoms with van der Waals surface area (Å²) < 4.78 is 17.3. The van der Waals surface area contributed by atoms with E-state index in [9.17, 15) is 19.5 Å². The van der Waals surface area contributed by atoms with Gasteiger partial charge in [0.1, 0.15) is 6.61 Å². The van der Waals surface area contributed by atoms with Crippen LogP contribution in [0.3, 0.4) is 0 Å². The highest BCUT2D eigenvalue weighted by atomic mass is 16.6. The van der Waals surface area contributed by atoms with Gasteiger partial charge in [0, 0.05) is 19.3 Å². The Balaban J connectivity index is 4.38. The summed E-state index contributed by atoms with van der Waals surface area (Å²) >= 11 is 0. The zero-order valence-corrected chi connectivity index (χ0v) is 42.9. The van der Waals surface area contributed by atoms with Gasteiger partial charge in [-0.2, -0.15) is 0 Å². The minimum atomic E-state index is -0.887. The lowest BCUT2D eigenvalue weighted by Crippen LogP contribution is -2.50. The number of hydrogen-bond donors (Lipinski definition) is 1. The van der Waals surface area contributed by atoms with E-state index in [1.807, 2.05) is 21.1 Å². The Labute approximate surface area is 405 Å². The molecule has 0 radical (unpaired) electrons. The maximum Gasteiger partial charge on any atom is 0.362 e. The SMILES string of the molecule is CC/C=C/C/C=C/C/C=C/C/C=C/C/C=C/C/C=C/C/C=C/CCCC(=O)OC(COCCC(C(=O)O)[N+](C)(C)C)COC(=O)CCCCCCCCC/C=C/CCCCCCCCCC. The van der Waals surface area contributed by atoms with Crippen molar-refractivity contribution in [1.82, 2.24) is 0 Å². The molecule has 0 saturated heterocycles. The lowest BCUT2D eigenvalue weighted by molar-refractivity contribution is -0.887. The lowest BCUT2D eigenvalue weighted by atomic mass is 10.1. The van der Waals surface area contributed by atoms with Gasteiger partial charge in [-0.25, -0.2) is 4.79 Å². The van der Waals surface area contributed by atoms with Gasteiger partial charge in [0.15, 0.2) is 12.1 Å². The highest BCUT2D eigenvalue weighted by molar-refractivity contribution is 5.72. The standard InChI is InChI=1S/C58H97NO7/c1-6-8-10-12-14-16-18-20-22-24-26-27-28-29-31-33-35-37-39-41-43-45-47-49-57(61)66-54(52-64-51-50-55(58(62)63)59(3,4)5)53-65-56(60)48-46-44-42-40-38-36-34-32-30-25-23-21-19-17-15-13-11-9-7-2/h8,10,14,16,20,22,25-27,29-31,35,37,41,43,54-55H,6-7,9,11-13,15,17-19,21,23-24,28,32-34,36,38-40,42,44-53H2,1-5H3/p+1/b10-8+,16-14+,22-20+,27-26+,30-25+,31-29+,37-35+,43-41+. The minimum absolute atomic E-state index is 0.0312. The number of esters is 2. The van der Waals surface area contributed by atoms with Gasteiger partial charge in [-0.3, -0.25) is 9.59 Å². The number of hydrogen-bond acceptors (Lipinski definition) is 6. The van der Waals surface area contributed by atoms with Gasteiger partial charge in [0.25, 0.3) is 0 Å². The molecule has 8 nitrogen and oxygen atoms in total. The van der Waals surface area contributed by atoms with E-state index in [1.165, 1.54) is 89.9 Å². The van der Waals surface area contributed by atoms with Gasteiger partial charge in [-0.15, -0.1) is 0 Å². The summed E-state index contributed by atoms with van der Waals surface area (Å²) in [5, 5.41) is 9.66. The zero-order valence-electron chi connectivity index (χ0n) is 42.9. The Kier molecular flexibility index (Phi) is 45.0. The third kappa shape index (κ3) is 45.4. The van der Waals surface area contributed by atoms with Crippen LogP contribution in [0.25, 0.3) is 0 Å². The summed E-state index contributed by atoms with van der Waals surface area (Å²) in [5.74, 6) is -1.56. The fourth-order valence-corrected chi connectivity index (χ4v) is 7.19. The number of ether oxygens (including phenoxy) is 3. The summed E-state index contributed by atoms with van der Waals surface area (Å²) in [5.41, 5.74) is 0. The molecule has 2 unspecified atom stereocenters. The van der Waals surface area contributed by atoms with Gasteiger partial charge in [0.05, 0.1) is 34.4 Å². The molecule has 0 saturated carbocycles. The molecule has 0 aliphatic rings. The van der Waals surface area contributed by atoms with Crippen molar-refractivity contribution in [2.45, 2.75) is 212 Å². The quantitative estimate of drug-likeness (QED) is 0.0281. The molecule has 0 amide bonds. The molecule has 0 aliphatic heterocycles. The molecule has 0 rings (SSSR count). The Morgan fingerprint density at radius 3 is 1.32 bits per heavy atom. The van der Waals surface area contributed by atoms with E-state index >= 15 is 0 Å². The topological polar surface area (TPSA) is 99.1 Å². The number of carbonyl (C=O) groups excluding carboxylic acids is 2. The third-order valence-corrected chi connectivity index (χ3v) is 11.2. The second-order valence-corrected chi connectivity index (χ2v) is 18.4. The molecular formula is C58H98NO7+. The predicted molar refractivity (Wildman–Crippen MR) is 279 cm³/mol. The van der Waals surface area contributed by atoms with Crippen LogP contribution in [0.1, 0.15) is 200 Å². The van der Waals surface area contributed by atoms with Gasteiger partial charge in [-0.1, -0.05) is 188 Å². The van der Waals surface area contributed by atoms with Crippen molar-refractivity contribution in [1.29, 1.82) is 0 Å². The number of likely N-dealkylation sites (N-methyl/N-ethyl adjacent to an activating group) is 1. The fourth-order valence-electron chi connectivity index (χ4n) is 7.19. The van der Waals surface area contributed by atoms with Gasteiger partial charge < -0.3 is 23.8 Å². The van der Waals surface area contributed by atoms with Crippen molar-refractivity contribution in [2.24, 2.45) is 0 Å². The van der Waals surface area contributed by atoms with Crippen LogP contribution in [-0.4, -0.2) is 80.6 Å². The molecule has 0 aromatic heterocycles. The van der Waals surface area contributed by atoms with E-state index in [-0.39, 0.29) is 42.7 Å². The first kappa shape index (κ1) is 62.2. The monoisotopic (exact) mass is 921 g/mol. The summed E-state index contributed by atoms with van der Waals surface area (Å²) in [6.07, 6.45) is 64.7. The Morgan fingerprint density at radius 2 is 0.864 bits per heavy atom. The highest BCUT2D eigenvalue weighted by Crippen LogP contribution is 2.14. The van der Waals surface area contributed by atoms with E-state index in [2.05, 4.69) is 111 Å². The summed E-state index contributed by atoms with van der Waals surface area (Å²) in [6, 6.07) is -0.632. The molecule has 0 aromatic carbocycles. The molecule has 2 atom stereocenters. The van der Waals surface area contributed by atoms with Crippen molar-refractivity contribution in [3.8, 4) is 0 Å². The van der Waals surface area contributed by atoms with Gasteiger partial charge in [0.2, 0.25) is 0 Å². The molecule has 376 valence electrons. The van der Waals surface area contributed by atoms with E-state index in [1.54, 1.807) is 0 Å². The summed E-state index contributed by atoms with van der Waals surface area (Å²) in [6.45, 7) is 4.56. The maximum absolute atomic E-state index is 12.8. The normalized spacial score (nSPS) is 13.7. The van der Waals surface area contributed by atoms with Crippen LogP contribution in [0.15, 0.2) is 97.2 Å². The van der Waals surface area contributed by atoms with E-state index in [0.717, 1.165) is 70.6 Å². The number of rotatable bonds is 46. The Hall–Kier alpha value is -3.75. The molecule has 0 spiro atoms. The minimum Gasteiger partial charge on any atom is -0.477 e. The number of carbonyl (C=O) groups is 3. The highest BCUT2D eigenvalue weighted by Gasteiger charge is 2.31. The predicted octanol–water partition coefficient (Wildman–Crippen LogP) is 15.4. The molecule has 0 heterocycles. The van der Waals surface area contributed by atoms with Crippen LogP contribution in [0.2, 0.25) is 0 Å². The van der Waals surface area contributed by atoms with Crippen molar-refractivity contribution in [3.05, 3.63) is 97.2 Å². The number of carboxylic acid groups (broad SMARTS) is 1. The number of aliphatic carboxylic acids is 1. The number of carboxylic acids is 1. The molecule has 8 heteroatoms. The van der Waals surface area contributed by atoms with Gasteiger partial charge >= 0.3 is 17.9 Å². The first-order chi connectivity index (χ1) is 32.1. The van der Waals surface area contributed by atoms with Crippen LogP contribution in [0.5, 0.6) is 0 Å². The number of quaternary nitrogens is 1. The molecule has 0 bridgehead atoms. The summed E-state index contributed by atoms with van der Waals surface area (Å²) in [7, 11) is 5.51. The van der Waals surface area contributed by atoms with Crippen molar-refractivity contribution in [3.63, 3.8) is 0 Å². The largest absolute Gasteiger partial charge is 0.477 e. The van der Waals surface area contributed by atoms with Crippen LogP contribution in [0.4, 0.5) is 0 Å². The van der Waals surface area contributed by atoms with E-state index in [4.69, 9.17) is 14.2 Å². The van der Waals surface area contributed by atoms with Crippen molar-refractivity contribution < 1.29 is 38.2 Å². The van der Waals surface area contributed by atoms with Crippen molar-refractivity contribution >= 4 is 17.9 Å². The summed E-state index contributed by atoms with van der Waals surface area (Å²) in [4.78, 5) is 37.2. The number of nitrogens with zero attached hydrogens (tertiary/aromatic N) is 1. The molecule has 0 aromatic rings. The second-order valence-electron chi connectivity index (χ2n) is 18.4. The zero-order chi connectivity index (χ0) is 48.4. The second kappa shape index (κ2) is 47.7. The average Bonchev–Trinajstić information content (AvgIpc) is 3.28.